The second-order valence-corrected chi connectivity index (χ2v) is 4.65. The van der Waals surface area contributed by atoms with Crippen LogP contribution in [-0.4, -0.2) is 49.5 Å². The maximum Gasteiger partial charge on any atom is 0.0594 e. The van der Waals surface area contributed by atoms with Gasteiger partial charge in [-0.05, 0) is 17.9 Å². The standard InChI is InChI=1S/C14H21NO2/c16-12-14(10-13-4-2-1-3-5-13)11-15-6-8-17-9-7-15/h1-5,14,16H,6-12H2. The van der Waals surface area contributed by atoms with Crippen LogP contribution in [-0.2, 0) is 11.2 Å². The Labute approximate surface area is 103 Å². The van der Waals surface area contributed by atoms with Crippen molar-refractivity contribution in [2.75, 3.05) is 39.5 Å². The van der Waals surface area contributed by atoms with E-state index < -0.39 is 0 Å². The monoisotopic (exact) mass is 235 g/mol. The van der Waals surface area contributed by atoms with Crippen molar-refractivity contribution in [1.82, 2.24) is 4.90 Å². The van der Waals surface area contributed by atoms with Gasteiger partial charge in [0.2, 0.25) is 0 Å². The van der Waals surface area contributed by atoms with E-state index >= 15 is 0 Å². The molecule has 3 nitrogen and oxygen atoms in total. The topological polar surface area (TPSA) is 32.7 Å². The van der Waals surface area contributed by atoms with Gasteiger partial charge in [-0.2, -0.15) is 0 Å². The maximum absolute atomic E-state index is 9.46. The number of hydrogen-bond acceptors (Lipinski definition) is 3. The van der Waals surface area contributed by atoms with Crippen molar-refractivity contribution in [3.63, 3.8) is 0 Å². The zero-order chi connectivity index (χ0) is 11.9. The van der Waals surface area contributed by atoms with Crippen LogP contribution in [0, 0.1) is 5.92 Å². The summed E-state index contributed by atoms with van der Waals surface area (Å²) in [6, 6.07) is 10.4. The Hall–Kier alpha value is -0.900. The summed E-state index contributed by atoms with van der Waals surface area (Å²) in [4.78, 5) is 2.38. The van der Waals surface area contributed by atoms with Crippen molar-refractivity contribution in [2.24, 2.45) is 5.92 Å². The first-order valence-electron chi connectivity index (χ1n) is 6.33. The summed E-state index contributed by atoms with van der Waals surface area (Å²) in [5.74, 6) is 0.329. The van der Waals surface area contributed by atoms with E-state index in [0.29, 0.717) is 5.92 Å². The van der Waals surface area contributed by atoms with E-state index in [9.17, 15) is 5.11 Å². The van der Waals surface area contributed by atoms with E-state index in [1.807, 2.05) is 6.07 Å². The first kappa shape index (κ1) is 12.6. The quantitative estimate of drug-likeness (QED) is 0.831. The van der Waals surface area contributed by atoms with Gasteiger partial charge in [0.15, 0.2) is 0 Å². The highest BCUT2D eigenvalue weighted by Crippen LogP contribution is 2.11. The fourth-order valence-electron chi connectivity index (χ4n) is 2.28. The van der Waals surface area contributed by atoms with E-state index in [1.54, 1.807) is 0 Å². The van der Waals surface area contributed by atoms with E-state index in [1.165, 1.54) is 5.56 Å². The molecule has 1 saturated heterocycles. The molecule has 1 aliphatic heterocycles. The average molecular weight is 235 g/mol. The maximum atomic E-state index is 9.46. The summed E-state index contributed by atoms with van der Waals surface area (Å²) in [7, 11) is 0. The zero-order valence-corrected chi connectivity index (χ0v) is 10.2. The van der Waals surface area contributed by atoms with E-state index in [0.717, 1.165) is 39.3 Å². The van der Waals surface area contributed by atoms with Gasteiger partial charge in [0.25, 0.3) is 0 Å². The highest BCUT2D eigenvalue weighted by Gasteiger charge is 2.16. The zero-order valence-electron chi connectivity index (χ0n) is 10.2. The van der Waals surface area contributed by atoms with Crippen LogP contribution in [0.5, 0.6) is 0 Å². The van der Waals surface area contributed by atoms with Gasteiger partial charge >= 0.3 is 0 Å². The second-order valence-electron chi connectivity index (χ2n) is 4.65. The molecule has 0 aromatic heterocycles. The number of rotatable bonds is 5. The van der Waals surface area contributed by atoms with Crippen LogP contribution in [0.15, 0.2) is 30.3 Å². The molecular weight excluding hydrogens is 214 g/mol. The molecule has 1 N–H and O–H groups in total. The van der Waals surface area contributed by atoms with Crippen LogP contribution in [0.1, 0.15) is 5.56 Å². The molecule has 0 saturated carbocycles. The molecule has 1 aromatic rings. The van der Waals surface area contributed by atoms with Crippen molar-refractivity contribution in [3.8, 4) is 0 Å². The molecule has 1 heterocycles. The first-order valence-corrected chi connectivity index (χ1v) is 6.33. The molecule has 0 bridgehead atoms. The van der Waals surface area contributed by atoms with Gasteiger partial charge in [-0.1, -0.05) is 30.3 Å². The molecule has 94 valence electrons. The van der Waals surface area contributed by atoms with Crippen molar-refractivity contribution < 1.29 is 9.84 Å². The number of ether oxygens (including phenoxy) is 1. The van der Waals surface area contributed by atoms with Gasteiger partial charge in [0.1, 0.15) is 0 Å². The van der Waals surface area contributed by atoms with Gasteiger partial charge in [-0.15, -0.1) is 0 Å². The summed E-state index contributed by atoms with van der Waals surface area (Å²) in [6.07, 6.45) is 0.953. The summed E-state index contributed by atoms with van der Waals surface area (Å²) >= 11 is 0. The summed E-state index contributed by atoms with van der Waals surface area (Å²) in [6.45, 7) is 4.85. The van der Waals surface area contributed by atoms with Crippen LogP contribution in [0.25, 0.3) is 0 Å². The van der Waals surface area contributed by atoms with Crippen LogP contribution in [0.3, 0.4) is 0 Å². The highest BCUT2D eigenvalue weighted by molar-refractivity contribution is 5.15. The number of morpholine rings is 1. The van der Waals surface area contributed by atoms with Gasteiger partial charge < -0.3 is 9.84 Å². The van der Waals surface area contributed by atoms with E-state index in [4.69, 9.17) is 4.74 Å². The van der Waals surface area contributed by atoms with Gasteiger partial charge in [0.05, 0.1) is 13.2 Å². The van der Waals surface area contributed by atoms with Crippen molar-refractivity contribution in [3.05, 3.63) is 35.9 Å². The lowest BCUT2D eigenvalue weighted by atomic mass is 9.99. The number of hydrogen-bond donors (Lipinski definition) is 1. The van der Waals surface area contributed by atoms with Crippen LogP contribution in [0.4, 0.5) is 0 Å². The van der Waals surface area contributed by atoms with E-state index in [-0.39, 0.29) is 6.61 Å². The van der Waals surface area contributed by atoms with Crippen LogP contribution >= 0.6 is 0 Å². The molecule has 3 heteroatoms. The molecule has 1 aliphatic rings. The van der Waals surface area contributed by atoms with Gasteiger partial charge in [0, 0.05) is 26.2 Å². The number of aliphatic hydroxyl groups excluding tert-OH is 1. The van der Waals surface area contributed by atoms with Crippen molar-refractivity contribution in [2.45, 2.75) is 6.42 Å². The van der Waals surface area contributed by atoms with Crippen molar-refractivity contribution in [1.29, 1.82) is 0 Å². The minimum Gasteiger partial charge on any atom is -0.396 e. The molecule has 0 amide bonds. The lowest BCUT2D eigenvalue weighted by Gasteiger charge is -2.29. The lowest BCUT2D eigenvalue weighted by Crippen LogP contribution is -2.40. The minimum absolute atomic E-state index is 0.256. The molecular formula is C14H21NO2. The fourth-order valence-corrected chi connectivity index (χ4v) is 2.28. The minimum atomic E-state index is 0.256. The fraction of sp³-hybridized carbons (Fsp3) is 0.571. The summed E-state index contributed by atoms with van der Waals surface area (Å²) in [5.41, 5.74) is 1.31. The molecule has 1 aromatic carbocycles. The molecule has 17 heavy (non-hydrogen) atoms. The van der Waals surface area contributed by atoms with Crippen LogP contribution in [0.2, 0.25) is 0 Å². The Kier molecular flexibility index (Phi) is 4.98. The summed E-state index contributed by atoms with van der Waals surface area (Å²) < 4.78 is 5.33. The smallest absolute Gasteiger partial charge is 0.0594 e. The Balaban J connectivity index is 1.83. The summed E-state index contributed by atoms with van der Waals surface area (Å²) in [5, 5.41) is 9.46. The third-order valence-corrected chi connectivity index (χ3v) is 3.25. The Bertz CT molecular complexity index is 309. The predicted octanol–water partition coefficient (Wildman–Crippen LogP) is 1.17. The molecule has 1 unspecified atom stereocenters. The molecule has 1 atom stereocenters. The lowest BCUT2D eigenvalue weighted by molar-refractivity contribution is 0.0256. The molecule has 0 spiro atoms. The Morgan fingerprint density at radius 1 is 1.18 bits per heavy atom. The van der Waals surface area contributed by atoms with Gasteiger partial charge in [-0.3, -0.25) is 4.90 Å². The largest absolute Gasteiger partial charge is 0.396 e. The number of aliphatic hydroxyl groups is 1. The third kappa shape index (κ3) is 4.11. The molecule has 1 fully saturated rings. The van der Waals surface area contributed by atoms with E-state index in [2.05, 4.69) is 29.2 Å². The molecule has 2 rings (SSSR count). The average Bonchev–Trinajstić information content (AvgIpc) is 2.40. The normalized spacial score (nSPS) is 19.1. The first-order chi connectivity index (χ1) is 8.38. The predicted molar refractivity (Wildman–Crippen MR) is 68.0 cm³/mol. The van der Waals surface area contributed by atoms with Crippen LogP contribution < -0.4 is 0 Å². The highest BCUT2D eigenvalue weighted by atomic mass is 16.5. The Morgan fingerprint density at radius 2 is 1.88 bits per heavy atom. The number of benzene rings is 1. The second kappa shape index (κ2) is 6.74. The molecule has 0 radical (unpaired) electrons. The van der Waals surface area contributed by atoms with Gasteiger partial charge in [-0.25, -0.2) is 0 Å². The molecule has 0 aliphatic carbocycles. The van der Waals surface area contributed by atoms with Crippen molar-refractivity contribution >= 4 is 0 Å². The number of nitrogens with zero attached hydrogens (tertiary/aromatic N) is 1. The SMILES string of the molecule is OCC(Cc1ccccc1)CN1CCOCC1. The third-order valence-electron chi connectivity index (χ3n) is 3.25. The Morgan fingerprint density at radius 3 is 2.53 bits per heavy atom.